The van der Waals surface area contributed by atoms with Gasteiger partial charge < -0.3 is 0 Å². The van der Waals surface area contributed by atoms with Crippen molar-refractivity contribution >= 4 is 0 Å². The van der Waals surface area contributed by atoms with Gasteiger partial charge in [0.2, 0.25) is 19.0 Å². The molecule has 0 aliphatic heterocycles. The number of nitrogens with zero attached hydrogens (tertiary/aromatic N) is 6. The summed E-state index contributed by atoms with van der Waals surface area (Å²) >= 11 is 0. The fourth-order valence-corrected chi connectivity index (χ4v) is 6.96. The van der Waals surface area contributed by atoms with Gasteiger partial charge in [0.15, 0.2) is 0 Å². The summed E-state index contributed by atoms with van der Waals surface area (Å²) in [6, 6.07) is 7.27. The first kappa shape index (κ1) is 37.7. The molecule has 0 N–H and O–H groups in total. The van der Waals surface area contributed by atoms with Gasteiger partial charge in [-0.05, 0) is 73.4 Å². The van der Waals surface area contributed by atoms with Crippen LogP contribution >= 0.6 is 0 Å². The summed E-state index contributed by atoms with van der Waals surface area (Å²) in [6.07, 6.45) is 44.5. The first-order valence-electron chi connectivity index (χ1n) is 19.9. The SMILES string of the molecule is CCCCCCCCn1cc[n+](Cc2cc(C[n+]3ccn(CCCCCCCC)c3)cc(C[n+]3ccn(CCCCCCCC)c3)c2)c1. The Hall–Kier alpha value is -3.15. The van der Waals surface area contributed by atoms with E-state index >= 15 is 0 Å². The second-order valence-electron chi connectivity index (χ2n) is 14.4. The maximum Gasteiger partial charge on any atom is 0.244 e. The van der Waals surface area contributed by atoms with Crippen LogP contribution in [-0.4, -0.2) is 13.7 Å². The fourth-order valence-electron chi connectivity index (χ4n) is 6.96. The Bertz CT molecular complexity index is 1220. The summed E-state index contributed by atoms with van der Waals surface area (Å²) in [5, 5.41) is 0. The van der Waals surface area contributed by atoms with Gasteiger partial charge >= 0.3 is 0 Å². The van der Waals surface area contributed by atoms with Crippen molar-refractivity contribution in [3.63, 3.8) is 0 Å². The highest BCUT2D eigenvalue weighted by Crippen LogP contribution is 2.13. The van der Waals surface area contributed by atoms with Gasteiger partial charge in [0.25, 0.3) is 0 Å². The zero-order valence-electron chi connectivity index (χ0n) is 31.1. The van der Waals surface area contributed by atoms with Gasteiger partial charge in [-0.25, -0.2) is 27.4 Å². The van der Waals surface area contributed by atoms with Crippen molar-refractivity contribution in [3.05, 3.63) is 91.1 Å². The molecule has 3 aromatic heterocycles. The molecule has 0 unspecified atom stereocenters. The molecular formula is C42H69N6+3. The zero-order chi connectivity index (χ0) is 33.7. The van der Waals surface area contributed by atoms with Crippen molar-refractivity contribution in [2.75, 3.05) is 0 Å². The van der Waals surface area contributed by atoms with E-state index in [1.807, 2.05) is 0 Å². The number of benzene rings is 1. The third kappa shape index (κ3) is 14.5. The molecule has 6 nitrogen and oxygen atoms in total. The summed E-state index contributed by atoms with van der Waals surface area (Å²) in [5.41, 5.74) is 4.14. The summed E-state index contributed by atoms with van der Waals surface area (Å²) in [5.74, 6) is 0. The van der Waals surface area contributed by atoms with Crippen LogP contribution in [0.5, 0.6) is 0 Å². The summed E-state index contributed by atoms with van der Waals surface area (Å²) < 4.78 is 14.2. The van der Waals surface area contributed by atoms with Crippen LogP contribution in [0.4, 0.5) is 0 Å². The van der Waals surface area contributed by atoms with Crippen molar-refractivity contribution in [1.29, 1.82) is 0 Å². The van der Waals surface area contributed by atoms with E-state index < -0.39 is 0 Å². The minimum absolute atomic E-state index is 0.901. The van der Waals surface area contributed by atoms with Crippen LogP contribution in [0.25, 0.3) is 0 Å². The van der Waals surface area contributed by atoms with Crippen LogP contribution in [0.3, 0.4) is 0 Å². The third-order valence-corrected chi connectivity index (χ3v) is 9.76. The van der Waals surface area contributed by atoms with Crippen LogP contribution in [0, 0.1) is 0 Å². The molecule has 1 aromatic carbocycles. The molecule has 0 saturated carbocycles. The van der Waals surface area contributed by atoms with E-state index in [0.29, 0.717) is 0 Å². The van der Waals surface area contributed by atoms with E-state index in [4.69, 9.17) is 0 Å². The fraction of sp³-hybridized carbons (Fsp3) is 0.643. The van der Waals surface area contributed by atoms with Crippen LogP contribution in [0.15, 0.2) is 74.4 Å². The molecule has 4 aromatic rings. The molecule has 0 radical (unpaired) electrons. The number of unbranched alkanes of at least 4 members (excludes halogenated alkanes) is 15. The first-order valence-corrected chi connectivity index (χ1v) is 19.9. The van der Waals surface area contributed by atoms with Crippen LogP contribution in [0.2, 0.25) is 0 Å². The average molecular weight is 658 g/mol. The second kappa shape index (κ2) is 22.5. The minimum atomic E-state index is 0.901. The highest BCUT2D eigenvalue weighted by Gasteiger charge is 2.13. The van der Waals surface area contributed by atoms with Crippen LogP contribution in [-0.2, 0) is 39.3 Å². The largest absolute Gasteiger partial charge is 0.244 e. The third-order valence-electron chi connectivity index (χ3n) is 9.76. The highest BCUT2D eigenvalue weighted by molar-refractivity contribution is 5.29. The maximum atomic E-state index is 2.42. The maximum absolute atomic E-state index is 2.42. The predicted octanol–water partition coefficient (Wildman–Crippen LogP) is 9.18. The van der Waals surface area contributed by atoms with Gasteiger partial charge in [-0.15, -0.1) is 0 Å². The second-order valence-corrected chi connectivity index (χ2v) is 14.4. The molecule has 0 saturated heterocycles. The van der Waals surface area contributed by atoms with E-state index in [1.165, 1.54) is 132 Å². The molecule has 0 spiro atoms. The van der Waals surface area contributed by atoms with Crippen LogP contribution < -0.4 is 13.7 Å². The van der Waals surface area contributed by atoms with Gasteiger partial charge in [-0.2, -0.15) is 0 Å². The zero-order valence-corrected chi connectivity index (χ0v) is 31.1. The Morgan fingerprint density at radius 3 is 0.938 bits per heavy atom. The molecular weight excluding hydrogens is 589 g/mol. The van der Waals surface area contributed by atoms with E-state index in [1.54, 1.807) is 0 Å². The molecule has 4 rings (SSSR count). The number of hydrogen-bond acceptors (Lipinski definition) is 0. The smallest absolute Gasteiger partial charge is 0.237 e. The van der Waals surface area contributed by atoms with Crippen LogP contribution in [0.1, 0.15) is 153 Å². The lowest BCUT2D eigenvalue weighted by atomic mass is 10.0. The molecule has 0 bridgehead atoms. The number of rotatable bonds is 27. The van der Waals surface area contributed by atoms with Crippen molar-refractivity contribution in [3.8, 4) is 0 Å². The van der Waals surface area contributed by atoms with Crippen molar-refractivity contribution in [2.24, 2.45) is 0 Å². The Labute approximate surface area is 293 Å². The quantitative estimate of drug-likeness (QED) is 0.0452. The minimum Gasteiger partial charge on any atom is -0.237 e. The van der Waals surface area contributed by atoms with Gasteiger partial charge in [0, 0.05) is 0 Å². The average Bonchev–Trinajstić information content (AvgIpc) is 3.84. The number of aryl methyl sites for hydroxylation is 3. The van der Waals surface area contributed by atoms with Gasteiger partial charge in [-0.3, -0.25) is 0 Å². The summed E-state index contributed by atoms with van der Waals surface area (Å²) in [7, 11) is 0. The number of aromatic nitrogens is 6. The summed E-state index contributed by atoms with van der Waals surface area (Å²) in [4.78, 5) is 0. The standard InChI is InChI=1S/C42H69N6/c1-4-7-10-13-16-19-22-43-25-28-46(37-43)34-40-31-41(35-47-29-26-44(38-47)23-20-17-14-11-8-5-2)33-42(32-40)36-48-30-27-45(39-48)24-21-18-15-12-9-6-3/h25-33,37-39H,4-24,34-36H2,1-3H3/q+3. The molecule has 0 aliphatic carbocycles. The lowest BCUT2D eigenvalue weighted by Crippen LogP contribution is -2.34. The predicted molar refractivity (Wildman–Crippen MR) is 198 cm³/mol. The molecule has 48 heavy (non-hydrogen) atoms. The lowest BCUT2D eigenvalue weighted by Gasteiger charge is -2.07. The van der Waals surface area contributed by atoms with E-state index in [2.05, 4.69) is 123 Å². The lowest BCUT2D eigenvalue weighted by molar-refractivity contribution is -0.689. The molecule has 0 aliphatic rings. The van der Waals surface area contributed by atoms with E-state index in [-0.39, 0.29) is 0 Å². The van der Waals surface area contributed by atoms with Gasteiger partial charge in [-0.1, -0.05) is 97.8 Å². The Kier molecular flexibility index (Phi) is 17.6. The monoisotopic (exact) mass is 658 g/mol. The molecule has 3 heterocycles. The number of hydrogen-bond donors (Lipinski definition) is 0. The highest BCUT2D eigenvalue weighted by atomic mass is 15.1. The Balaban J connectivity index is 1.38. The van der Waals surface area contributed by atoms with Crippen molar-refractivity contribution in [1.82, 2.24) is 13.7 Å². The Morgan fingerprint density at radius 1 is 0.375 bits per heavy atom. The van der Waals surface area contributed by atoms with Crippen molar-refractivity contribution in [2.45, 2.75) is 176 Å². The van der Waals surface area contributed by atoms with Gasteiger partial charge in [0.05, 0.1) is 19.6 Å². The normalized spacial score (nSPS) is 11.6. The molecule has 0 amide bonds. The molecule has 0 atom stereocenters. The molecule has 0 fully saturated rings. The van der Waals surface area contributed by atoms with Gasteiger partial charge in [0.1, 0.15) is 56.8 Å². The Morgan fingerprint density at radius 2 is 0.646 bits per heavy atom. The molecule has 6 heteroatoms. The molecule has 264 valence electrons. The van der Waals surface area contributed by atoms with E-state index in [9.17, 15) is 0 Å². The van der Waals surface area contributed by atoms with Crippen molar-refractivity contribution < 1.29 is 13.7 Å². The topological polar surface area (TPSA) is 26.4 Å². The summed E-state index contributed by atoms with van der Waals surface area (Å²) in [6.45, 7) is 12.9. The first-order chi connectivity index (χ1) is 23.6. The van der Waals surface area contributed by atoms with E-state index in [0.717, 1.165) is 39.3 Å². The number of imidazole rings is 3.